The molecule has 0 fully saturated rings. The van der Waals surface area contributed by atoms with Crippen LogP contribution in [0.3, 0.4) is 0 Å². The summed E-state index contributed by atoms with van der Waals surface area (Å²) in [6, 6.07) is 7.08. The molecule has 0 amide bonds. The van der Waals surface area contributed by atoms with E-state index < -0.39 is 15.8 Å². The van der Waals surface area contributed by atoms with Crippen LogP contribution in [0.1, 0.15) is 5.56 Å². The molecule has 2 N–H and O–H groups in total. The Bertz CT molecular complexity index is 712. The van der Waals surface area contributed by atoms with E-state index in [1.54, 1.807) is 20.0 Å². The molecule has 106 valence electrons. The largest absolute Gasteiger partial charge is 0.373 e. The van der Waals surface area contributed by atoms with Gasteiger partial charge in [0.15, 0.2) is 0 Å². The zero-order chi connectivity index (χ0) is 14.8. The van der Waals surface area contributed by atoms with Gasteiger partial charge in [-0.2, -0.15) is 0 Å². The van der Waals surface area contributed by atoms with Gasteiger partial charge in [0.25, 0.3) is 10.0 Å². The number of hydrogen-bond acceptors (Lipinski definition) is 4. The van der Waals surface area contributed by atoms with Gasteiger partial charge in [-0.1, -0.05) is 12.1 Å². The number of nitrogens with zero attached hydrogens (tertiary/aromatic N) is 1. The third-order valence-electron chi connectivity index (χ3n) is 2.76. The van der Waals surface area contributed by atoms with E-state index in [1.807, 2.05) is 0 Å². The number of aryl methyl sites for hydroxylation is 1. The Hall–Kier alpha value is -2.15. The molecule has 20 heavy (non-hydrogen) atoms. The molecule has 1 aromatic heterocycles. The minimum absolute atomic E-state index is 0.0134. The molecule has 0 aliphatic carbocycles. The fourth-order valence-electron chi connectivity index (χ4n) is 1.67. The van der Waals surface area contributed by atoms with Crippen molar-refractivity contribution in [3.8, 4) is 0 Å². The van der Waals surface area contributed by atoms with Crippen LogP contribution in [0, 0.1) is 12.7 Å². The van der Waals surface area contributed by atoms with Gasteiger partial charge < -0.3 is 5.32 Å². The molecule has 2 rings (SSSR count). The molecule has 0 radical (unpaired) electrons. The Labute approximate surface area is 116 Å². The van der Waals surface area contributed by atoms with Crippen molar-refractivity contribution in [2.45, 2.75) is 11.8 Å². The number of rotatable bonds is 4. The monoisotopic (exact) mass is 295 g/mol. The molecule has 1 aromatic carbocycles. The van der Waals surface area contributed by atoms with Gasteiger partial charge in [0.05, 0.1) is 10.6 Å². The van der Waals surface area contributed by atoms with Crippen LogP contribution in [-0.4, -0.2) is 20.4 Å². The summed E-state index contributed by atoms with van der Waals surface area (Å²) in [7, 11) is -2.23. The third-order valence-corrected chi connectivity index (χ3v) is 4.10. The van der Waals surface area contributed by atoms with Gasteiger partial charge in [0.1, 0.15) is 11.6 Å². The number of pyridine rings is 1. The van der Waals surface area contributed by atoms with Gasteiger partial charge >= 0.3 is 0 Å². The molecule has 0 spiro atoms. The molecule has 1 heterocycles. The van der Waals surface area contributed by atoms with E-state index in [0.717, 1.165) is 0 Å². The second-order valence-corrected chi connectivity index (χ2v) is 5.85. The molecule has 5 nitrogen and oxygen atoms in total. The van der Waals surface area contributed by atoms with Crippen molar-refractivity contribution in [2.75, 3.05) is 17.1 Å². The molecule has 7 heteroatoms. The summed E-state index contributed by atoms with van der Waals surface area (Å²) in [6.45, 7) is 1.63. The molecular formula is C13H14FN3O2S. The minimum atomic E-state index is -3.86. The zero-order valence-corrected chi connectivity index (χ0v) is 11.8. The number of aromatic nitrogens is 1. The molecular weight excluding hydrogens is 281 g/mol. The summed E-state index contributed by atoms with van der Waals surface area (Å²) in [5.74, 6) is -0.199. The standard InChI is InChI=1S/C13H14FN3O2S/c1-9-4-3-5-11(14)13(9)17-20(18,19)10-6-7-16-12(8-10)15-2/h3-8,17H,1-2H3,(H,15,16). The average molecular weight is 295 g/mol. The fraction of sp³-hybridized carbons (Fsp3) is 0.154. The second kappa shape index (κ2) is 5.46. The highest BCUT2D eigenvalue weighted by Gasteiger charge is 2.18. The van der Waals surface area contributed by atoms with Crippen molar-refractivity contribution in [1.82, 2.24) is 4.98 Å². The van der Waals surface area contributed by atoms with Gasteiger partial charge in [-0.05, 0) is 24.6 Å². The van der Waals surface area contributed by atoms with E-state index in [2.05, 4.69) is 15.0 Å². The van der Waals surface area contributed by atoms with Crippen LogP contribution < -0.4 is 10.0 Å². The van der Waals surface area contributed by atoms with E-state index in [-0.39, 0.29) is 10.6 Å². The predicted octanol–water partition coefficient (Wildman–Crippen LogP) is 2.37. The summed E-state index contributed by atoms with van der Waals surface area (Å²) in [5.41, 5.74) is 0.465. The first-order chi connectivity index (χ1) is 9.44. The molecule has 0 bridgehead atoms. The molecule has 0 saturated carbocycles. The number of nitrogens with one attached hydrogen (secondary N) is 2. The van der Waals surface area contributed by atoms with Crippen molar-refractivity contribution >= 4 is 21.5 Å². The molecule has 0 atom stereocenters. The Balaban J connectivity index is 2.41. The fourth-order valence-corrected chi connectivity index (χ4v) is 2.82. The van der Waals surface area contributed by atoms with Gasteiger partial charge in [0, 0.05) is 19.3 Å². The molecule has 0 aliphatic rings. The normalized spacial score (nSPS) is 11.2. The van der Waals surface area contributed by atoms with Crippen LogP contribution in [-0.2, 0) is 10.0 Å². The summed E-state index contributed by atoms with van der Waals surface area (Å²) in [5, 5.41) is 2.75. The van der Waals surface area contributed by atoms with Crippen molar-refractivity contribution in [3.05, 3.63) is 47.9 Å². The lowest BCUT2D eigenvalue weighted by atomic mass is 10.2. The predicted molar refractivity (Wildman–Crippen MR) is 75.7 cm³/mol. The van der Waals surface area contributed by atoms with E-state index in [4.69, 9.17) is 0 Å². The summed E-state index contributed by atoms with van der Waals surface area (Å²) in [6.07, 6.45) is 1.37. The Morgan fingerprint density at radius 1 is 1.25 bits per heavy atom. The second-order valence-electron chi connectivity index (χ2n) is 4.16. The van der Waals surface area contributed by atoms with Crippen molar-refractivity contribution < 1.29 is 12.8 Å². The highest BCUT2D eigenvalue weighted by atomic mass is 32.2. The number of halogens is 1. The average Bonchev–Trinajstić information content (AvgIpc) is 2.43. The summed E-state index contributed by atoms with van der Waals surface area (Å²) < 4.78 is 40.4. The summed E-state index contributed by atoms with van der Waals surface area (Å²) in [4.78, 5) is 3.95. The van der Waals surface area contributed by atoms with E-state index in [9.17, 15) is 12.8 Å². The number of para-hydroxylation sites is 1. The Morgan fingerprint density at radius 3 is 2.65 bits per heavy atom. The number of hydrogen-bond donors (Lipinski definition) is 2. The lowest BCUT2D eigenvalue weighted by molar-refractivity contribution is 0.598. The molecule has 0 aliphatic heterocycles. The zero-order valence-electron chi connectivity index (χ0n) is 11.0. The first kappa shape index (κ1) is 14.3. The maximum absolute atomic E-state index is 13.7. The van der Waals surface area contributed by atoms with E-state index >= 15 is 0 Å². The number of benzene rings is 1. The highest BCUT2D eigenvalue weighted by molar-refractivity contribution is 7.92. The minimum Gasteiger partial charge on any atom is -0.373 e. The van der Waals surface area contributed by atoms with Crippen molar-refractivity contribution in [1.29, 1.82) is 0 Å². The van der Waals surface area contributed by atoms with Crippen LogP contribution in [0.4, 0.5) is 15.9 Å². The molecule has 0 unspecified atom stereocenters. The van der Waals surface area contributed by atoms with Crippen LogP contribution >= 0.6 is 0 Å². The van der Waals surface area contributed by atoms with Crippen molar-refractivity contribution in [3.63, 3.8) is 0 Å². The Morgan fingerprint density at radius 2 is 2.00 bits per heavy atom. The van der Waals surface area contributed by atoms with Gasteiger partial charge in [-0.3, -0.25) is 4.72 Å². The summed E-state index contributed by atoms with van der Waals surface area (Å²) >= 11 is 0. The topological polar surface area (TPSA) is 71.1 Å². The maximum Gasteiger partial charge on any atom is 0.262 e. The quantitative estimate of drug-likeness (QED) is 0.908. The number of anilines is 2. The van der Waals surface area contributed by atoms with Gasteiger partial charge in [-0.25, -0.2) is 17.8 Å². The van der Waals surface area contributed by atoms with Crippen LogP contribution in [0.2, 0.25) is 0 Å². The lowest BCUT2D eigenvalue weighted by Gasteiger charge is -2.11. The number of sulfonamides is 1. The lowest BCUT2D eigenvalue weighted by Crippen LogP contribution is -2.15. The highest BCUT2D eigenvalue weighted by Crippen LogP contribution is 2.23. The van der Waals surface area contributed by atoms with Gasteiger partial charge in [0.2, 0.25) is 0 Å². The smallest absolute Gasteiger partial charge is 0.262 e. The van der Waals surface area contributed by atoms with E-state index in [0.29, 0.717) is 11.4 Å². The third kappa shape index (κ3) is 2.88. The van der Waals surface area contributed by atoms with Crippen molar-refractivity contribution in [2.24, 2.45) is 0 Å². The Kier molecular flexibility index (Phi) is 3.89. The van der Waals surface area contributed by atoms with E-state index in [1.165, 1.54) is 30.5 Å². The first-order valence-corrected chi connectivity index (χ1v) is 7.34. The maximum atomic E-state index is 13.7. The van der Waals surface area contributed by atoms with Gasteiger partial charge in [-0.15, -0.1) is 0 Å². The molecule has 0 saturated heterocycles. The van der Waals surface area contributed by atoms with Crippen LogP contribution in [0.15, 0.2) is 41.4 Å². The molecule has 2 aromatic rings. The SMILES string of the molecule is CNc1cc(S(=O)(=O)Nc2c(C)cccc2F)ccn1. The van der Waals surface area contributed by atoms with Crippen LogP contribution in [0.25, 0.3) is 0 Å². The first-order valence-electron chi connectivity index (χ1n) is 5.86. The van der Waals surface area contributed by atoms with Crippen LogP contribution in [0.5, 0.6) is 0 Å².